The molecule has 1 aromatic carbocycles. The molecule has 0 bridgehead atoms. The Morgan fingerprint density at radius 2 is 1.45 bits per heavy atom. The third-order valence-corrected chi connectivity index (χ3v) is 11.2. The van der Waals surface area contributed by atoms with Gasteiger partial charge in [0.15, 0.2) is 0 Å². The first kappa shape index (κ1) is 35.0. The maximum atomic E-state index is 2.65. The lowest BCUT2D eigenvalue weighted by Gasteiger charge is -2.29. The van der Waals surface area contributed by atoms with E-state index in [-0.39, 0.29) is 0 Å². The van der Waals surface area contributed by atoms with Crippen molar-refractivity contribution >= 4 is 5.57 Å². The van der Waals surface area contributed by atoms with Crippen LogP contribution in [-0.2, 0) is 0 Å². The Kier molecular flexibility index (Phi) is 14.6. The van der Waals surface area contributed by atoms with Crippen molar-refractivity contribution in [2.45, 2.75) is 182 Å². The van der Waals surface area contributed by atoms with E-state index < -0.39 is 0 Å². The molecule has 0 amide bonds. The third kappa shape index (κ3) is 10.6. The van der Waals surface area contributed by atoms with Gasteiger partial charge >= 0.3 is 0 Å². The Bertz CT molecular complexity index is 1140. The van der Waals surface area contributed by atoms with Gasteiger partial charge in [-0.15, -0.1) is 0 Å². The van der Waals surface area contributed by atoms with E-state index in [4.69, 9.17) is 0 Å². The molecule has 44 heavy (non-hydrogen) atoms. The number of allylic oxidation sites excluding steroid dienone is 8. The van der Waals surface area contributed by atoms with Gasteiger partial charge in [0.1, 0.15) is 0 Å². The van der Waals surface area contributed by atoms with Gasteiger partial charge in [0.25, 0.3) is 0 Å². The molecule has 2 atom stereocenters. The van der Waals surface area contributed by atoms with Crippen molar-refractivity contribution in [3.8, 4) is 0 Å². The van der Waals surface area contributed by atoms with Gasteiger partial charge in [-0.25, -0.2) is 0 Å². The van der Waals surface area contributed by atoms with Gasteiger partial charge in [-0.2, -0.15) is 0 Å². The second-order valence-electron chi connectivity index (χ2n) is 15.0. The second-order valence-corrected chi connectivity index (χ2v) is 15.0. The topological polar surface area (TPSA) is 0 Å². The van der Waals surface area contributed by atoms with E-state index in [1.54, 1.807) is 16.7 Å². The van der Waals surface area contributed by atoms with E-state index in [0.29, 0.717) is 0 Å². The number of hydrogen-bond acceptors (Lipinski definition) is 0. The summed E-state index contributed by atoms with van der Waals surface area (Å²) in [5, 5.41) is 0. The van der Waals surface area contributed by atoms with Gasteiger partial charge in [0.05, 0.1) is 0 Å². The first-order valence-electron chi connectivity index (χ1n) is 19.4. The van der Waals surface area contributed by atoms with Gasteiger partial charge in [-0.1, -0.05) is 140 Å². The summed E-state index contributed by atoms with van der Waals surface area (Å²) in [6.45, 7) is 14.0. The maximum Gasteiger partial charge on any atom is -0.0128 e. The van der Waals surface area contributed by atoms with Crippen LogP contribution in [0.2, 0.25) is 0 Å². The molecule has 3 saturated carbocycles. The molecule has 3 aliphatic rings. The van der Waals surface area contributed by atoms with Crippen LogP contribution in [0.4, 0.5) is 0 Å². The summed E-state index contributed by atoms with van der Waals surface area (Å²) in [5.41, 5.74) is 12.3. The summed E-state index contributed by atoms with van der Waals surface area (Å²) in [6, 6.07) is 5.28. The minimum atomic E-state index is 0.799. The molecule has 0 nitrogen and oxygen atoms in total. The van der Waals surface area contributed by atoms with Crippen LogP contribution >= 0.6 is 0 Å². The fraction of sp³-hybridized carbons (Fsp3) is 0.682. The summed E-state index contributed by atoms with van der Waals surface area (Å²) < 4.78 is 0. The van der Waals surface area contributed by atoms with Crippen LogP contribution in [-0.4, -0.2) is 0 Å². The number of rotatable bonds is 21. The first-order chi connectivity index (χ1) is 21.5. The minimum Gasteiger partial charge on any atom is -0.0770 e. The number of unbranched alkanes of at least 4 members (excludes halogenated alkanes) is 10. The number of hydrogen-bond donors (Lipinski definition) is 0. The van der Waals surface area contributed by atoms with Crippen LogP contribution in [0, 0.1) is 18.8 Å². The smallest absolute Gasteiger partial charge is 0.0128 e. The normalized spacial score (nSPS) is 21.6. The van der Waals surface area contributed by atoms with E-state index in [1.165, 1.54) is 150 Å². The lowest BCUT2D eigenvalue weighted by Crippen LogP contribution is -2.12. The van der Waals surface area contributed by atoms with Crippen molar-refractivity contribution in [3.05, 3.63) is 75.4 Å². The zero-order valence-corrected chi connectivity index (χ0v) is 29.9. The molecule has 2 unspecified atom stereocenters. The molecule has 0 radical (unpaired) electrons. The van der Waals surface area contributed by atoms with Crippen molar-refractivity contribution in [1.82, 2.24) is 0 Å². The highest BCUT2D eigenvalue weighted by Gasteiger charge is 2.40. The summed E-state index contributed by atoms with van der Waals surface area (Å²) in [5.74, 6) is 3.43. The van der Waals surface area contributed by atoms with E-state index in [2.05, 4.69) is 78.0 Å². The second kappa shape index (κ2) is 18.4. The van der Waals surface area contributed by atoms with E-state index >= 15 is 0 Å². The molecule has 4 rings (SSSR count). The van der Waals surface area contributed by atoms with Crippen LogP contribution in [0.5, 0.6) is 0 Å². The lowest BCUT2D eigenvalue weighted by molar-refractivity contribution is 0.416. The van der Waals surface area contributed by atoms with Crippen LogP contribution in [0.1, 0.15) is 197 Å². The van der Waals surface area contributed by atoms with Crippen LogP contribution in [0.25, 0.3) is 5.57 Å². The molecule has 0 spiro atoms. The number of aryl methyl sites for hydroxylation is 1. The zero-order chi connectivity index (χ0) is 31.3. The Labute approximate surface area is 274 Å². The van der Waals surface area contributed by atoms with Crippen LogP contribution < -0.4 is 0 Å². The van der Waals surface area contributed by atoms with Crippen molar-refractivity contribution < 1.29 is 0 Å². The minimum absolute atomic E-state index is 0.799. The Hall–Kier alpha value is -1.82. The van der Waals surface area contributed by atoms with Crippen LogP contribution in [0.15, 0.2) is 53.2 Å². The van der Waals surface area contributed by atoms with Gasteiger partial charge in [-0.05, 0) is 135 Å². The molecular formula is C44H68. The van der Waals surface area contributed by atoms with Crippen LogP contribution in [0.3, 0.4) is 0 Å². The molecule has 1 aromatic rings. The Balaban J connectivity index is 1.39. The van der Waals surface area contributed by atoms with Gasteiger partial charge < -0.3 is 0 Å². The highest BCUT2D eigenvalue weighted by atomic mass is 14.4. The van der Waals surface area contributed by atoms with Crippen molar-refractivity contribution in [3.63, 3.8) is 0 Å². The highest BCUT2D eigenvalue weighted by molar-refractivity contribution is 5.72. The van der Waals surface area contributed by atoms with E-state index in [1.807, 2.05) is 0 Å². The molecule has 244 valence electrons. The lowest BCUT2D eigenvalue weighted by atomic mass is 9.75. The Morgan fingerprint density at radius 1 is 0.773 bits per heavy atom. The molecule has 0 heterocycles. The summed E-state index contributed by atoms with van der Waals surface area (Å²) in [7, 11) is 0. The van der Waals surface area contributed by atoms with Gasteiger partial charge in [-0.3, -0.25) is 0 Å². The fourth-order valence-corrected chi connectivity index (χ4v) is 7.68. The number of benzene rings is 1. The predicted octanol–water partition coefficient (Wildman–Crippen LogP) is 14.5. The molecule has 0 aromatic heterocycles. The van der Waals surface area contributed by atoms with Crippen molar-refractivity contribution in [1.29, 1.82) is 0 Å². The summed E-state index contributed by atoms with van der Waals surface area (Å²) >= 11 is 0. The summed E-state index contributed by atoms with van der Waals surface area (Å²) in [4.78, 5) is 0. The molecule has 0 N–H and O–H groups in total. The van der Waals surface area contributed by atoms with Crippen molar-refractivity contribution in [2.24, 2.45) is 11.8 Å². The highest BCUT2D eigenvalue weighted by Crippen LogP contribution is 2.54. The van der Waals surface area contributed by atoms with Crippen molar-refractivity contribution in [2.75, 3.05) is 0 Å². The largest absolute Gasteiger partial charge is 0.0770 e. The average Bonchev–Trinajstić information content (AvgIpc) is 3.92. The molecule has 3 fully saturated rings. The zero-order valence-electron chi connectivity index (χ0n) is 29.9. The van der Waals surface area contributed by atoms with Gasteiger partial charge in [0, 0.05) is 0 Å². The maximum absolute atomic E-state index is 2.65. The SMILES string of the molecule is CCC/C=C(/C=C(/C)c1cc(C2CCC2)c(C2CC2CCCCCCCCCCCC)cc1C)C(\C)=C\C=C(\CC)C1CC1. The standard InChI is InChI=1S/C44H68/c1-7-10-12-13-14-15-16-17-18-19-22-40-31-42(40)44-30-35(6)41(32-43(44)38-23-20-24-38)34(5)29-39(21-11-8-2)33(4)25-26-36(9-3)37-27-28-37/h21,25-26,29-30,32,37-38,40,42H,7-20,22-24,27-28,31H2,1-6H3/b33-25+,34-29-,36-26-,39-21-. The first-order valence-corrected chi connectivity index (χ1v) is 19.4. The molecule has 0 saturated heterocycles. The van der Waals surface area contributed by atoms with E-state index in [0.717, 1.165) is 30.1 Å². The van der Waals surface area contributed by atoms with Gasteiger partial charge in [0.2, 0.25) is 0 Å². The molecule has 0 heteroatoms. The van der Waals surface area contributed by atoms with E-state index in [9.17, 15) is 0 Å². The molecule has 3 aliphatic carbocycles. The summed E-state index contributed by atoms with van der Waals surface area (Å²) in [6.07, 6.45) is 37.7. The predicted molar refractivity (Wildman–Crippen MR) is 197 cm³/mol. The fourth-order valence-electron chi connectivity index (χ4n) is 7.68. The average molecular weight is 597 g/mol. The molecular weight excluding hydrogens is 528 g/mol. The Morgan fingerprint density at radius 3 is 2.05 bits per heavy atom. The quantitative estimate of drug-likeness (QED) is 0.0978. The third-order valence-electron chi connectivity index (χ3n) is 11.2. The molecule has 0 aliphatic heterocycles. The monoisotopic (exact) mass is 597 g/mol.